The molecule has 0 aliphatic heterocycles. The Morgan fingerprint density at radius 3 is 2.65 bits per heavy atom. The molecule has 0 amide bonds. The van der Waals surface area contributed by atoms with Gasteiger partial charge in [0.05, 0.1) is 17.0 Å². The third-order valence-electron chi connectivity index (χ3n) is 1.95. The Hall–Kier alpha value is -1.27. The van der Waals surface area contributed by atoms with E-state index in [1.807, 2.05) is 0 Å². The largest absolute Gasteiger partial charge is 0.478 e. The smallest absolute Gasteiger partial charge is 0.337 e. The second kappa shape index (κ2) is 5.37. The van der Waals surface area contributed by atoms with Crippen molar-refractivity contribution < 1.29 is 18.3 Å². The summed E-state index contributed by atoms with van der Waals surface area (Å²) in [5, 5.41) is 9.17. The number of carbonyl (C=O) groups is 1. The Balaban J connectivity index is 3.13. The summed E-state index contributed by atoms with van der Waals surface area (Å²) in [6, 6.07) is 3.93. The molecule has 0 atom stereocenters. The van der Waals surface area contributed by atoms with Gasteiger partial charge in [-0.3, -0.25) is 4.72 Å². The molecule has 1 aromatic carbocycles. The molecule has 0 aliphatic carbocycles. The van der Waals surface area contributed by atoms with Gasteiger partial charge in [-0.2, -0.15) is 0 Å². The lowest BCUT2D eigenvalue weighted by molar-refractivity contribution is 0.0698. The molecule has 0 unspecified atom stereocenters. The first-order valence-electron chi connectivity index (χ1n) is 4.89. The van der Waals surface area contributed by atoms with Crippen molar-refractivity contribution in [1.29, 1.82) is 0 Å². The van der Waals surface area contributed by atoms with Crippen LogP contribution in [0, 0.1) is 0 Å². The van der Waals surface area contributed by atoms with Crippen molar-refractivity contribution in [2.75, 3.05) is 10.5 Å². The predicted molar refractivity (Wildman–Crippen MR) is 66.1 cm³/mol. The van der Waals surface area contributed by atoms with Crippen molar-refractivity contribution in [2.45, 2.75) is 13.3 Å². The highest BCUT2D eigenvalue weighted by atomic mass is 35.5. The van der Waals surface area contributed by atoms with E-state index in [0.29, 0.717) is 6.42 Å². The minimum absolute atomic E-state index is 0.0153. The molecule has 1 rings (SSSR count). The number of hydrogen-bond donors (Lipinski definition) is 2. The fourth-order valence-corrected chi connectivity index (χ4v) is 2.59. The zero-order valence-corrected chi connectivity index (χ0v) is 10.7. The number of carboxylic acids is 1. The quantitative estimate of drug-likeness (QED) is 0.864. The molecule has 1 aromatic rings. The first-order chi connectivity index (χ1) is 7.85. The molecule has 0 bridgehead atoms. The summed E-state index contributed by atoms with van der Waals surface area (Å²) >= 11 is 5.70. The van der Waals surface area contributed by atoms with Gasteiger partial charge in [-0.05, 0) is 24.6 Å². The maximum Gasteiger partial charge on any atom is 0.337 e. The molecule has 94 valence electrons. The lowest BCUT2D eigenvalue weighted by Crippen LogP contribution is -2.18. The monoisotopic (exact) mass is 277 g/mol. The van der Waals surface area contributed by atoms with E-state index in [4.69, 9.17) is 16.7 Å². The van der Waals surface area contributed by atoms with E-state index in [2.05, 4.69) is 4.72 Å². The van der Waals surface area contributed by atoms with Crippen LogP contribution in [0.2, 0.25) is 5.02 Å². The zero-order valence-electron chi connectivity index (χ0n) is 9.10. The molecule has 0 saturated carbocycles. The van der Waals surface area contributed by atoms with Crippen LogP contribution in [0.4, 0.5) is 5.69 Å². The standard InChI is InChI=1S/C10H12ClNO4S/c1-2-5-17(15,16)12-9-6-7(11)3-4-8(9)10(13)14/h3-4,6,12H,2,5H2,1H3,(H,13,14). The number of halogens is 1. The summed E-state index contributed by atoms with van der Waals surface area (Å²) in [5.74, 6) is -1.28. The zero-order chi connectivity index (χ0) is 13.1. The molecule has 0 aromatic heterocycles. The topological polar surface area (TPSA) is 83.5 Å². The van der Waals surface area contributed by atoms with Crippen LogP contribution in [0.1, 0.15) is 23.7 Å². The number of benzene rings is 1. The van der Waals surface area contributed by atoms with Crippen molar-refractivity contribution in [2.24, 2.45) is 0 Å². The number of nitrogens with one attached hydrogen (secondary N) is 1. The highest BCUT2D eigenvalue weighted by molar-refractivity contribution is 7.92. The van der Waals surface area contributed by atoms with Crippen LogP contribution in [0.3, 0.4) is 0 Å². The van der Waals surface area contributed by atoms with E-state index in [1.54, 1.807) is 6.92 Å². The minimum atomic E-state index is -3.53. The third kappa shape index (κ3) is 3.90. The van der Waals surface area contributed by atoms with Crippen molar-refractivity contribution in [3.05, 3.63) is 28.8 Å². The number of aromatic carboxylic acids is 1. The number of anilines is 1. The predicted octanol–water partition coefficient (Wildman–Crippen LogP) is 2.19. The van der Waals surface area contributed by atoms with Crippen LogP contribution in [0.25, 0.3) is 0 Å². The fourth-order valence-electron chi connectivity index (χ4n) is 1.27. The van der Waals surface area contributed by atoms with Crippen LogP contribution < -0.4 is 4.72 Å². The summed E-state index contributed by atoms with van der Waals surface area (Å²) < 4.78 is 25.3. The Kier molecular flexibility index (Phi) is 4.36. The van der Waals surface area contributed by atoms with Gasteiger partial charge < -0.3 is 5.11 Å². The first-order valence-corrected chi connectivity index (χ1v) is 6.92. The summed E-state index contributed by atoms with van der Waals surface area (Å²) in [4.78, 5) is 10.9. The molecule has 2 N–H and O–H groups in total. The molecule has 0 heterocycles. The van der Waals surface area contributed by atoms with Crippen LogP contribution in [0.5, 0.6) is 0 Å². The number of rotatable bonds is 5. The summed E-state index contributed by atoms with van der Waals surface area (Å²) in [6.07, 6.45) is 0.443. The molecule has 5 nitrogen and oxygen atoms in total. The second-order valence-corrected chi connectivity index (χ2v) is 5.69. The Labute approximate surface area is 104 Å². The molecule has 0 saturated heterocycles. The fraction of sp³-hybridized carbons (Fsp3) is 0.300. The maximum atomic E-state index is 11.5. The van der Waals surface area contributed by atoms with Gasteiger partial charge in [0, 0.05) is 5.02 Å². The normalized spacial score (nSPS) is 11.2. The van der Waals surface area contributed by atoms with Gasteiger partial charge in [-0.25, -0.2) is 13.2 Å². The van der Waals surface area contributed by atoms with Gasteiger partial charge in [0.1, 0.15) is 0 Å². The van der Waals surface area contributed by atoms with Gasteiger partial charge in [-0.1, -0.05) is 18.5 Å². The number of sulfonamides is 1. The van der Waals surface area contributed by atoms with Crippen molar-refractivity contribution in [1.82, 2.24) is 0 Å². The highest BCUT2D eigenvalue weighted by Crippen LogP contribution is 2.22. The summed E-state index contributed by atoms with van der Waals surface area (Å²) in [5.41, 5.74) is -0.146. The summed E-state index contributed by atoms with van der Waals surface area (Å²) in [6.45, 7) is 1.72. The molecule has 0 spiro atoms. The van der Waals surface area contributed by atoms with Gasteiger partial charge in [0.2, 0.25) is 10.0 Å². The molecule has 0 fully saturated rings. The SMILES string of the molecule is CCCS(=O)(=O)Nc1cc(Cl)ccc1C(=O)O. The van der Waals surface area contributed by atoms with E-state index in [1.165, 1.54) is 18.2 Å². The maximum absolute atomic E-state index is 11.5. The molecular weight excluding hydrogens is 266 g/mol. The summed E-state index contributed by atoms with van der Waals surface area (Å²) in [7, 11) is -3.53. The van der Waals surface area contributed by atoms with Gasteiger partial charge in [0.15, 0.2) is 0 Å². The third-order valence-corrected chi connectivity index (χ3v) is 3.66. The van der Waals surface area contributed by atoms with Gasteiger partial charge in [-0.15, -0.1) is 0 Å². The highest BCUT2D eigenvalue weighted by Gasteiger charge is 2.15. The Bertz CT molecular complexity index is 527. The van der Waals surface area contributed by atoms with Gasteiger partial charge >= 0.3 is 5.97 Å². The molecule has 0 aliphatic rings. The Morgan fingerprint density at radius 1 is 1.47 bits per heavy atom. The minimum Gasteiger partial charge on any atom is -0.478 e. The van der Waals surface area contributed by atoms with Crippen molar-refractivity contribution >= 4 is 33.3 Å². The van der Waals surface area contributed by atoms with E-state index >= 15 is 0 Å². The average molecular weight is 278 g/mol. The average Bonchev–Trinajstić information content (AvgIpc) is 2.15. The van der Waals surface area contributed by atoms with Crippen LogP contribution in [-0.4, -0.2) is 25.2 Å². The Morgan fingerprint density at radius 2 is 2.12 bits per heavy atom. The van der Waals surface area contributed by atoms with Gasteiger partial charge in [0.25, 0.3) is 0 Å². The van der Waals surface area contributed by atoms with E-state index < -0.39 is 16.0 Å². The van der Waals surface area contributed by atoms with E-state index in [0.717, 1.165) is 0 Å². The lowest BCUT2D eigenvalue weighted by atomic mass is 10.2. The van der Waals surface area contributed by atoms with Crippen LogP contribution in [-0.2, 0) is 10.0 Å². The van der Waals surface area contributed by atoms with Crippen molar-refractivity contribution in [3.8, 4) is 0 Å². The number of carboxylic acid groups (broad SMARTS) is 1. The first kappa shape index (κ1) is 13.8. The lowest BCUT2D eigenvalue weighted by Gasteiger charge is -2.10. The van der Waals surface area contributed by atoms with Crippen LogP contribution >= 0.6 is 11.6 Å². The molecule has 7 heteroatoms. The molecule has 17 heavy (non-hydrogen) atoms. The number of hydrogen-bond acceptors (Lipinski definition) is 3. The van der Waals surface area contributed by atoms with Crippen molar-refractivity contribution in [3.63, 3.8) is 0 Å². The molecule has 0 radical (unpaired) electrons. The van der Waals surface area contributed by atoms with Crippen LogP contribution in [0.15, 0.2) is 18.2 Å². The second-order valence-electron chi connectivity index (χ2n) is 3.42. The van der Waals surface area contributed by atoms with E-state index in [9.17, 15) is 13.2 Å². The molecular formula is C10H12ClNO4S. The van der Waals surface area contributed by atoms with E-state index in [-0.39, 0.29) is 22.0 Å².